The van der Waals surface area contributed by atoms with Crippen LogP contribution in [0.3, 0.4) is 0 Å². The predicted octanol–water partition coefficient (Wildman–Crippen LogP) is 24.9. The van der Waals surface area contributed by atoms with E-state index >= 15 is 0 Å². The van der Waals surface area contributed by atoms with Gasteiger partial charge in [-0.25, -0.2) is 0 Å². The molecule has 6 heteroatoms. The minimum absolute atomic E-state index is 0.0713. The third-order valence-electron chi connectivity index (χ3n) is 16.3. The van der Waals surface area contributed by atoms with Crippen molar-refractivity contribution in [1.29, 1.82) is 0 Å². The topological polar surface area (TPSA) is 78.9 Å². The number of carbonyl (C=O) groups excluding carboxylic acids is 3. The zero-order valence-electron chi connectivity index (χ0n) is 54.6. The van der Waals surface area contributed by atoms with Gasteiger partial charge in [0.25, 0.3) is 0 Å². The van der Waals surface area contributed by atoms with Crippen LogP contribution in [-0.2, 0) is 28.6 Å². The third kappa shape index (κ3) is 68.0. The molecular formula is C75H138O6. The largest absolute Gasteiger partial charge is 0.462 e. The summed E-state index contributed by atoms with van der Waals surface area (Å²) in [5.41, 5.74) is 0. The van der Waals surface area contributed by atoms with Crippen LogP contribution in [0, 0.1) is 0 Å². The second-order valence-corrected chi connectivity index (χ2v) is 24.5. The average molecular weight is 1140 g/mol. The molecule has 1 unspecified atom stereocenters. The van der Waals surface area contributed by atoms with E-state index in [4.69, 9.17) is 14.2 Å². The minimum Gasteiger partial charge on any atom is -0.462 e. The zero-order chi connectivity index (χ0) is 58.5. The van der Waals surface area contributed by atoms with Crippen LogP contribution >= 0.6 is 0 Å². The van der Waals surface area contributed by atoms with Crippen molar-refractivity contribution < 1.29 is 28.6 Å². The summed E-state index contributed by atoms with van der Waals surface area (Å²) in [5.74, 6) is -0.854. The van der Waals surface area contributed by atoms with Crippen molar-refractivity contribution in [2.45, 2.75) is 399 Å². The number of carbonyl (C=O) groups is 3. The van der Waals surface area contributed by atoms with E-state index in [1.54, 1.807) is 0 Å². The van der Waals surface area contributed by atoms with E-state index in [9.17, 15) is 14.4 Å². The van der Waals surface area contributed by atoms with E-state index < -0.39 is 6.10 Å². The molecule has 0 N–H and O–H groups in total. The molecule has 0 radical (unpaired) electrons. The number of rotatable bonds is 67. The third-order valence-corrected chi connectivity index (χ3v) is 16.3. The normalized spacial score (nSPS) is 12.3. The molecule has 0 aromatic carbocycles. The smallest absolute Gasteiger partial charge is 0.306 e. The van der Waals surface area contributed by atoms with Crippen molar-refractivity contribution in [2.24, 2.45) is 0 Å². The highest BCUT2D eigenvalue weighted by Crippen LogP contribution is 2.18. The number of unbranched alkanes of at least 4 members (excludes halogenated alkanes) is 48. The van der Waals surface area contributed by atoms with Gasteiger partial charge in [-0.3, -0.25) is 14.4 Å². The standard InChI is InChI=1S/C75H138O6/c1-4-7-10-13-16-19-22-25-27-29-31-33-35-36-37-38-39-40-41-43-44-46-48-50-53-56-59-62-65-68-74(77)80-71-72(70-79-73(76)67-64-61-58-55-52-24-21-18-15-12-9-6-3)81-75(78)69-66-63-60-57-54-51-49-47-45-42-34-32-30-28-26-23-20-17-14-11-8-5-2/h18,21-22,25,29,31,35-36,72H,4-17,19-20,23-24,26-28,30,32-34,37-71H2,1-3H3/b21-18-,25-22-,31-29-,36-35-. The maximum absolute atomic E-state index is 12.9. The Morgan fingerprint density at radius 2 is 0.444 bits per heavy atom. The van der Waals surface area contributed by atoms with Crippen LogP contribution in [0.15, 0.2) is 48.6 Å². The van der Waals surface area contributed by atoms with E-state index in [-0.39, 0.29) is 31.1 Å². The summed E-state index contributed by atoms with van der Waals surface area (Å²) in [6.45, 7) is 6.67. The molecule has 0 spiro atoms. The van der Waals surface area contributed by atoms with Gasteiger partial charge in [0.05, 0.1) is 0 Å². The SMILES string of the molecule is CCCCC/C=C\CCCCCCCC(=O)OCC(COC(=O)CCCCCCCCCCCCCCCC/C=C\C/C=C\C/C=C\CCCCCCC)OC(=O)CCCCCCCCCCCCCCCCCCCCCCCC. The molecule has 0 bridgehead atoms. The first-order valence-electron chi connectivity index (χ1n) is 36.1. The van der Waals surface area contributed by atoms with Crippen LogP contribution in [0.4, 0.5) is 0 Å². The molecule has 0 aliphatic heterocycles. The molecule has 0 heterocycles. The molecule has 0 saturated heterocycles. The van der Waals surface area contributed by atoms with E-state index in [0.717, 1.165) is 77.0 Å². The summed E-state index contributed by atoms with van der Waals surface area (Å²) < 4.78 is 17.0. The lowest BCUT2D eigenvalue weighted by molar-refractivity contribution is -0.167. The van der Waals surface area contributed by atoms with Gasteiger partial charge in [-0.05, 0) is 83.5 Å². The first kappa shape index (κ1) is 78.4. The molecule has 0 aromatic rings. The summed E-state index contributed by atoms with van der Waals surface area (Å²) >= 11 is 0. The Bertz CT molecular complexity index is 1400. The van der Waals surface area contributed by atoms with Crippen LogP contribution in [0.1, 0.15) is 393 Å². The summed E-state index contributed by atoms with van der Waals surface area (Å²) in [6, 6.07) is 0. The van der Waals surface area contributed by atoms with Gasteiger partial charge in [0.2, 0.25) is 0 Å². The van der Waals surface area contributed by atoms with Crippen molar-refractivity contribution in [3.8, 4) is 0 Å². The molecule has 1 atom stereocenters. The fourth-order valence-electron chi connectivity index (χ4n) is 10.9. The van der Waals surface area contributed by atoms with Crippen LogP contribution in [0.5, 0.6) is 0 Å². The maximum atomic E-state index is 12.9. The lowest BCUT2D eigenvalue weighted by Gasteiger charge is -2.18. The van der Waals surface area contributed by atoms with Crippen LogP contribution < -0.4 is 0 Å². The monoisotopic (exact) mass is 1140 g/mol. The number of hydrogen-bond donors (Lipinski definition) is 0. The maximum Gasteiger partial charge on any atom is 0.306 e. The second-order valence-electron chi connectivity index (χ2n) is 24.5. The van der Waals surface area contributed by atoms with Crippen molar-refractivity contribution >= 4 is 17.9 Å². The molecule has 0 aliphatic rings. The highest BCUT2D eigenvalue weighted by Gasteiger charge is 2.19. The van der Waals surface area contributed by atoms with Gasteiger partial charge >= 0.3 is 17.9 Å². The second kappa shape index (κ2) is 69.9. The van der Waals surface area contributed by atoms with Gasteiger partial charge in [0, 0.05) is 19.3 Å². The van der Waals surface area contributed by atoms with Gasteiger partial charge in [0.15, 0.2) is 6.10 Å². The van der Waals surface area contributed by atoms with Gasteiger partial charge < -0.3 is 14.2 Å². The zero-order valence-corrected chi connectivity index (χ0v) is 54.6. The van der Waals surface area contributed by atoms with Crippen molar-refractivity contribution in [3.05, 3.63) is 48.6 Å². The number of hydrogen-bond acceptors (Lipinski definition) is 6. The van der Waals surface area contributed by atoms with Crippen molar-refractivity contribution in [2.75, 3.05) is 13.2 Å². The van der Waals surface area contributed by atoms with Crippen molar-refractivity contribution in [1.82, 2.24) is 0 Å². The molecule has 0 aliphatic carbocycles. The Labute approximate surface area is 505 Å². The molecule has 474 valence electrons. The Morgan fingerprint density at radius 3 is 0.728 bits per heavy atom. The van der Waals surface area contributed by atoms with Crippen LogP contribution in [0.25, 0.3) is 0 Å². The summed E-state index contributed by atoms with van der Waals surface area (Å²) in [5, 5.41) is 0. The first-order chi connectivity index (χ1) is 40.0. The van der Waals surface area contributed by atoms with Crippen molar-refractivity contribution in [3.63, 3.8) is 0 Å². The van der Waals surface area contributed by atoms with Crippen LogP contribution in [-0.4, -0.2) is 37.2 Å². The average Bonchev–Trinajstić information content (AvgIpc) is 3.47. The molecule has 0 fully saturated rings. The summed E-state index contributed by atoms with van der Waals surface area (Å²) in [4.78, 5) is 38.4. The van der Waals surface area contributed by atoms with Gasteiger partial charge in [-0.2, -0.15) is 0 Å². The van der Waals surface area contributed by atoms with E-state index in [0.29, 0.717) is 19.3 Å². The fourth-order valence-corrected chi connectivity index (χ4v) is 10.9. The van der Waals surface area contributed by atoms with E-state index in [1.165, 1.54) is 276 Å². The van der Waals surface area contributed by atoms with Gasteiger partial charge in [-0.1, -0.05) is 339 Å². The number of ether oxygens (including phenoxy) is 3. The first-order valence-corrected chi connectivity index (χ1v) is 36.1. The lowest BCUT2D eigenvalue weighted by Crippen LogP contribution is -2.30. The molecule has 0 aromatic heterocycles. The minimum atomic E-state index is -0.775. The highest BCUT2D eigenvalue weighted by atomic mass is 16.6. The molecule has 6 nitrogen and oxygen atoms in total. The quantitative estimate of drug-likeness (QED) is 0.0261. The summed E-state index contributed by atoms with van der Waals surface area (Å²) in [7, 11) is 0. The lowest BCUT2D eigenvalue weighted by atomic mass is 10.0. The molecule has 0 amide bonds. The Hall–Kier alpha value is -2.63. The Balaban J connectivity index is 4.19. The Morgan fingerprint density at radius 1 is 0.247 bits per heavy atom. The van der Waals surface area contributed by atoms with Crippen LogP contribution in [0.2, 0.25) is 0 Å². The predicted molar refractivity (Wildman–Crippen MR) is 353 cm³/mol. The molecular weight excluding hydrogens is 997 g/mol. The Kier molecular flexibility index (Phi) is 67.6. The van der Waals surface area contributed by atoms with E-state index in [1.807, 2.05) is 0 Å². The molecule has 0 rings (SSSR count). The van der Waals surface area contributed by atoms with Gasteiger partial charge in [0.1, 0.15) is 13.2 Å². The summed E-state index contributed by atoms with van der Waals surface area (Å²) in [6.07, 6.45) is 88.6. The van der Waals surface area contributed by atoms with Gasteiger partial charge in [-0.15, -0.1) is 0 Å². The molecule has 0 saturated carbocycles. The highest BCUT2D eigenvalue weighted by molar-refractivity contribution is 5.71. The van der Waals surface area contributed by atoms with E-state index in [2.05, 4.69) is 69.4 Å². The molecule has 81 heavy (non-hydrogen) atoms. The number of allylic oxidation sites excluding steroid dienone is 8. The fraction of sp³-hybridized carbons (Fsp3) is 0.853. The number of esters is 3.